The Kier molecular flexibility index (Phi) is 6.33. The number of nitrogens with one attached hydrogen (secondary N) is 1. The first-order valence-corrected chi connectivity index (χ1v) is 8.88. The molecule has 0 unspecified atom stereocenters. The third-order valence-corrected chi connectivity index (χ3v) is 3.99. The fourth-order valence-electron chi connectivity index (χ4n) is 2.51. The van der Waals surface area contributed by atoms with Gasteiger partial charge in [0.1, 0.15) is 12.4 Å². The fourth-order valence-corrected chi connectivity index (χ4v) is 2.51. The molecule has 0 aliphatic heterocycles. The maximum absolute atomic E-state index is 12.4. The second-order valence-electron chi connectivity index (χ2n) is 6.45. The average molecular weight is 384 g/mol. The van der Waals surface area contributed by atoms with E-state index in [0.717, 1.165) is 13.1 Å². The number of hydrogen-bond donors (Lipinski definition) is 1. The van der Waals surface area contributed by atoms with Crippen LogP contribution < -0.4 is 14.8 Å². The predicted octanol–water partition coefficient (Wildman–Crippen LogP) is 2.88. The van der Waals surface area contributed by atoms with Gasteiger partial charge in [-0.15, -0.1) is 0 Å². The molecule has 1 N–H and O–H groups in total. The fraction of sp³-hybridized carbons (Fsp3) is 0.300. The second-order valence-corrected chi connectivity index (χ2v) is 6.45. The molecule has 2 aromatic heterocycles. The molecular formula is C20H24N4O4. The van der Waals surface area contributed by atoms with Crippen molar-refractivity contribution < 1.29 is 18.7 Å². The number of anilines is 1. The topological polar surface area (TPSA) is 81.8 Å². The number of hydrogen-bond acceptors (Lipinski definition) is 6. The van der Waals surface area contributed by atoms with Crippen LogP contribution in [-0.4, -0.2) is 48.3 Å². The maximum atomic E-state index is 12.4. The summed E-state index contributed by atoms with van der Waals surface area (Å²) in [6.07, 6.45) is 3.40. The summed E-state index contributed by atoms with van der Waals surface area (Å²) in [4.78, 5) is 14.4. The molecule has 0 spiro atoms. The number of para-hydroxylation sites is 2. The van der Waals surface area contributed by atoms with E-state index in [-0.39, 0.29) is 18.3 Å². The van der Waals surface area contributed by atoms with Crippen LogP contribution in [0.1, 0.15) is 16.3 Å². The highest BCUT2D eigenvalue weighted by Crippen LogP contribution is 2.26. The van der Waals surface area contributed by atoms with Gasteiger partial charge in [0.2, 0.25) is 0 Å². The van der Waals surface area contributed by atoms with Crippen LogP contribution in [0.3, 0.4) is 0 Å². The van der Waals surface area contributed by atoms with Crippen LogP contribution in [0.4, 0.5) is 5.69 Å². The lowest BCUT2D eigenvalue weighted by Crippen LogP contribution is -2.18. The highest BCUT2D eigenvalue weighted by atomic mass is 16.5. The third kappa shape index (κ3) is 5.14. The number of amides is 1. The van der Waals surface area contributed by atoms with Crippen molar-refractivity contribution in [2.45, 2.75) is 13.2 Å². The molecule has 3 aromatic rings. The summed E-state index contributed by atoms with van der Waals surface area (Å²) < 4.78 is 18.3. The molecule has 2 heterocycles. The first-order chi connectivity index (χ1) is 13.5. The van der Waals surface area contributed by atoms with Crippen molar-refractivity contribution >= 4 is 11.6 Å². The molecule has 0 saturated carbocycles. The van der Waals surface area contributed by atoms with Gasteiger partial charge in [0.25, 0.3) is 5.91 Å². The van der Waals surface area contributed by atoms with Crippen LogP contribution in [0.2, 0.25) is 0 Å². The summed E-state index contributed by atoms with van der Waals surface area (Å²) in [5.41, 5.74) is 0.618. The Morgan fingerprint density at radius 2 is 2.00 bits per heavy atom. The molecule has 0 aliphatic rings. The van der Waals surface area contributed by atoms with Crippen molar-refractivity contribution in [3.63, 3.8) is 0 Å². The Labute approximate surface area is 163 Å². The highest BCUT2D eigenvalue weighted by molar-refractivity contribution is 6.02. The number of rotatable bonds is 9. The van der Waals surface area contributed by atoms with E-state index < -0.39 is 0 Å². The van der Waals surface area contributed by atoms with Gasteiger partial charge in [0.15, 0.2) is 17.3 Å². The Balaban J connectivity index is 1.55. The molecule has 0 radical (unpaired) electrons. The summed E-state index contributed by atoms with van der Waals surface area (Å²) in [5.74, 6) is 1.66. The molecular weight excluding hydrogens is 360 g/mol. The van der Waals surface area contributed by atoms with Gasteiger partial charge < -0.3 is 24.1 Å². The Hall–Kier alpha value is -3.26. The van der Waals surface area contributed by atoms with Gasteiger partial charge in [-0.25, -0.2) is 0 Å². The van der Waals surface area contributed by atoms with Crippen molar-refractivity contribution in [1.82, 2.24) is 14.7 Å². The molecule has 0 bridgehead atoms. The number of benzene rings is 1. The van der Waals surface area contributed by atoms with Gasteiger partial charge in [-0.3, -0.25) is 9.48 Å². The second kappa shape index (κ2) is 9.09. The standard InChI is InChI=1S/C20H24N4O4/c1-23(2)10-11-24-13-15(12-21-24)22-20(25)19-9-8-16(28-19)14-27-18-7-5-4-6-17(18)26-3/h4-9,12-13H,10-11,14H2,1-3H3,(H,22,25). The monoisotopic (exact) mass is 384 g/mol. The number of methoxy groups -OCH3 is 1. The van der Waals surface area contributed by atoms with Crippen LogP contribution >= 0.6 is 0 Å². The largest absolute Gasteiger partial charge is 0.493 e. The number of carbonyl (C=O) groups excluding carboxylic acids is 1. The number of ether oxygens (including phenoxy) is 2. The zero-order valence-corrected chi connectivity index (χ0v) is 16.2. The van der Waals surface area contributed by atoms with E-state index in [9.17, 15) is 4.79 Å². The summed E-state index contributed by atoms with van der Waals surface area (Å²) in [7, 11) is 5.58. The Morgan fingerprint density at radius 3 is 2.75 bits per heavy atom. The van der Waals surface area contributed by atoms with Gasteiger partial charge in [0, 0.05) is 12.7 Å². The van der Waals surface area contributed by atoms with Gasteiger partial charge in [-0.1, -0.05) is 12.1 Å². The molecule has 0 saturated heterocycles. The molecule has 0 fully saturated rings. The smallest absolute Gasteiger partial charge is 0.291 e. The molecule has 8 nitrogen and oxygen atoms in total. The van der Waals surface area contributed by atoms with Crippen LogP contribution in [0.15, 0.2) is 53.2 Å². The van der Waals surface area contributed by atoms with Gasteiger partial charge >= 0.3 is 0 Å². The first kappa shape index (κ1) is 19.5. The number of nitrogens with zero attached hydrogens (tertiary/aromatic N) is 3. The van der Waals surface area contributed by atoms with Crippen molar-refractivity contribution in [3.8, 4) is 11.5 Å². The normalized spacial score (nSPS) is 10.9. The maximum Gasteiger partial charge on any atom is 0.291 e. The lowest BCUT2D eigenvalue weighted by Gasteiger charge is -2.08. The highest BCUT2D eigenvalue weighted by Gasteiger charge is 2.13. The van der Waals surface area contributed by atoms with E-state index in [0.29, 0.717) is 22.9 Å². The van der Waals surface area contributed by atoms with Gasteiger partial charge in [0.05, 0.1) is 25.5 Å². The summed E-state index contributed by atoms with van der Waals surface area (Å²) in [6, 6.07) is 10.7. The van der Waals surface area contributed by atoms with E-state index >= 15 is 0 Å². The predicted molar refractivity (Wildman–Crippen MR) is 105 cm³/mol. The summed E-state index contributed by atoms with van der Waals surface area (Å²) in [5, 5.41) is 7.01. The van der Waals surface area contributed by atoms with Crippen molar-refractivity contribution in [2.75, 3.05) is 33.1 Å². The third-order valence-electron chi connectivity index (χ3n) is 3.99. The first-order valence-electron chi connectivity index (χ1n) is 8.88. The molecule has 0 aliphatic carbocycles. The zero-order valence-electron chi connectivity index (χ0n) is 16.2. The van der Waals surface area contributed by atoms with Crippen molar-refractivity contribution in [2.24, 2.45) is 0 Å². The molecule has 1 aromatic carbocycles. The van der Waals surface area contributed by atoms with Crippen LogP contribution in [-0.2, 0) is 13.2 Å². The number of aromatic nitrogens is 2. The minimum atomic E-state index is -0.337. The van der Waals surface area contributed by atoms with Crippen LogP contribution in [0.25, 0.3) is 0 Å². The number of furan rings is 1. The molecule has 148 valence electrons. The molecule has 8 heteroatoms. The molecule has 3 rings (SSSR count). The zero-order chi connectivity index (χ0) is 19.9. The Morgan fingerprint density at radius 1 is 1.21 bits per heavy atom. The van der Waals surface area contributed by atoms with Gasteiger partial charge in [-0.2, -0.15) is 5.10 Å². The van der Waals surface area contributed by atoms with E-state index in [1.807, 2.05) is 38.4 Å². The average Bonchev–Trinajstić information content (AvgIpc) is 3.34. The van der Waals surface area contributed by atoms with E-state index in [1.54, 1.807) is 36.3 Å². The Bertz CT molecular complexity index is 916. The summed E-state index contributed by atoms with van der Waals surface area (Å²) in [6.45, 7) is 1.80. The van der Waals surface area contributed by atoms with E-state index in [4.69, 9.17) is 13.9 Å². The lowest BCUT2D eigenvalue weighted by molar-refractivity contribution is 0.0992. The van der Waals surface area contributed by atoms with Crippen LogP contribution in [0.5, 0.6) is 11.5 Å². The SMILES string of the molecule is COc1ccccc1OCc1ccc(C(=O)Nc2cnn(CCN(C)C)c2)o1. The number of likely N-dealkylation sites (N-methyl/N-ethyl adjacent to an activating group) is 1. The quantitative estimate of drug-likeness (QED) is 0.611. The molecule has 0 atom stereocenters. The molecule has 1 amide bonds. The minimum absolute atomic E-state index is 0.191. The van der Waals surface area contributed by atoms with Crippen molar-refractivity contribution in [1.29, 1.82) is 0 Å². The minimum Gasteiger partial charge on any atom is -0.493 e. The summed E-state index contributed by atoms with van der Waals surface area (Å²) >= 11 is 0. The molecule has 28 heavy (non-hydrogen) atoms. The van der Waals surface area contributed by atoms with Crippen LogP contribution in [0, 0.1) is 0 Å². The van der Waals surface area contributed by atoms with E-state index in [1.165, 1.54) is 0 Å². The van der Waals surface area contributed by atoms with E-state index in [2.05, 4.69) is 15.3 Å². The van der Waals surface area contributed by atoms with Gasteiger partial charge in [-0.05, 0) is 38.4 Å². The number of carbonyl (C=O) groups is 1. The lowest BCUT2D eigenvalue weighted by atomic mass is 10.3. The van der Waals surface area contributed by atoms with Crippen molar-refractivity contribution in [3.05, 3.63) is 60.3 Å².